The molecule has 0 aromatic heterocycles. The Morgan fingerprint density at radius 2 is 2.11 bits per heavy atom. The van der Waals surface area contributed by atoms with Crippen molar-refractivity contribution < 1.29 is 0 Å². The molecule has 1 aromatic rings. The molecule has 0 radical (unpaired) electrons. The van der Waals surface area contributed by atoms with E-state index in [-0.39, 0.29) is 0 Å². The predicted molar refractivity (Wildman–Crippen MR) is 76.7 cm³/mol. The van der Waals surface area contributed by atoms with E-state index < -0.39 is 0 Å². The van der Waals surface area contributed by atoms with Crippen LogP contribution in [0.1, 0.15) is 31.4 Å². The minimum absolute atomic E-state index is 0.611. The van der Waals surface area contributed by atoms with E-state index >= 15 is 0 Å². The second-order valence-corrected chi connectivity index (χ2v) is 5.09. The first-order valence-electron chi connectivity index (χ1n) is 6.80. The monoisotopic (exact) mass is 245 g/mol. The molecule has 0 aliphatic heterocycles. The molecule has 1 aliphatic carbocycles. The van der Waals surface area contributed by atoms with E-state index in [0.29, 0.717) is 6.04 Å². The first-order chi connectivity index (χ1) is 8.70. The minimum atomic E-state index is 0.611. The van der Waals surface area contributed by atoms with Crippen LogP contribution in [-0.2, 0) is 6.54 Å². The number of hydrogen-bond acceptors (Lipinski definition) is 1. The molecule has 0 heterocycles. The highest BCUT2D eigenvalue weighted by molar-refractivity contribution is 5.80. The summed E-state index contributed by atoms with van der Waals surface area (Å²) in [4.78, 5) is 4.65. The van der Waals surface area contributed by atoms with Gasteiger partial charge in [-0.1, -0.05) is 31.2 Å². The maximum Gasteiger partial charge on any atom is 0.191 e. The zero-order valence-corrected chi connectivity index (χ0v) is 11.5. The van der Waals surface area contributed by atoms with Gasteiger partial charge in [0, 0.05) is 12.6 Å². The molecule has 98 valence electrons. The summed E-state index contributed by atoms with van der Waals surface area (Å²) in [7, 11) is 0. The van der Waals surface area contributed by atoms with E-state index in [2.05, 4.69) is 60.7 Å². The van der Waals surface area contributed by atoms with Gasteiger partial charge >= 0.3 is 0 Å². The predicted octanol–water partition coefficient (Wildman–Crippen LogP) is 2.46. The van der Waals surface area contributed by atoms with Crippen molar-refractivity contribution in [1.82, 2.24) is 10.6 Å². The Morgan fingerprint density at radius 3 is 2.72 bits per heavy atom. The molecule has 1 aliphatic rings. The SMILES string of the molecule is CCNC(=NCc1ccccc1C)NC1CC1C. The Labute approximate surface area is 110 Å². The molecular formula is C15H23N3. The van der Waals surface area contributed by atoms with Gasteiger partial charge in [-0.25, -0.2) is 4.99 Å². The van der Waals surface area contributed by atoms with Crippen LogP contribution >= 0.6 is 0 Å². The molecule has 1 fully saturated rings. The molecule has 2 atom stereocenters. The summed E-state index contributed by atoms with van der Waals surface area (Å²) < 4.78 is 0. The van der Waals surface area contributed by atoms with Crippen molar-refractivity contribution >= 4 is 5.96 Å². The zero-order chi connectivity index (χ0) is 13.0. The van der Waals surface area contributed by atoms with Crippen molar-refractivity contribution in [3.05, 3.63) is 35.4 Å². The summed E-state index contributed by atoms with van der Waals surface area (Å²) >= 11 is 0. The fourth-order valence-corrected chi connectivity index (χ4v) is 1.97. The fraction of sp³-hybridized carbons (Fsp3) is 0.533. The van der Waals surface area contributed by atoms with Crippen molar-refractivity contribution in [3.63, 3.8) is 0 Å². The number of nitrogens with zero attached hydrogens (tertiary/aromatic N) is 1. The Balaban J connectivity index is 1.97. The molecule has 18 heavy (non-hydrogen) atoms. The van der Waals surface area contributed by atoms with Gasteiger partial charge in [0.15, 0.2) is 5.96 Å². The quantitative estimate of drug-likeness (QED) is 0.631. The molecule has 0 amide bonds. The molecule has 0 bridgehead atoms. The Morgan fingerprint density at radius 1 is 1.39 bits per heavy atom. The van der Waals surface area contributed by atoms with Gasteiger partial charge < -0.3 is 10.6 Å². The average molecular weight is 245 g/mol. The van der Waals surface area contributed by atoms with Crippen molar-refractivity contribution in [2.24, 2.45) is 10.9 Å². The van der Waals surface area contributed by atoms with E-state index in [9.17, 15) is 0 Å². The number of rotatable bonds is 4. The number of benzene rings is 1. The third-order valence-corrected chi connectivity index (χ3v) is 3.44. The third-order valence-electron chi connectivity index (χ3n) is 3.44. The molecule has 0 saturated heterocycles. The van der Waals surface area contributed by atoms with E-state index in [1.54, 1.807) is 0 Å². The molecule has 2 N–H and O–H groups in total. The van der Waals surface area contributed by atoms with Crippen LogP contribution in [0.25, 0.3) is 0 Å². The van der Waals surface area contributed by atoms with Gasteiger partial charge in [-0.05, 0) is 37.3 Å². The van der Waals surface area contributed by atoms with Gasteiger partial charge in [0.2, 0.25) is 0 Å². The number of guanidine groups is 1. The van der Waals surface area contributed by atoms with E-state index in [1.165, 1.54) is 17.5 Å². The molecule has 3 nitrogen and oxygen atoms in total. The van der Waals surface area contributed by atoms with Crippen molar-refractivity contribution in [2.45, 2.75) is 39.8 Å². The lowest BCUT2D eigenvalue weighted by Gasteiger charge is -2.11. The molecule has 3 heteroatoms. The smallest absolute Gasteiger partial charge is 0.191 e. The van der Waals surface area contributed by atoms with Gasteiger partial charge in [-0.3, -0.25) is 0 Å². The van der Waals surface area contributed by atoms with Crippen molar-refractivity contribution in [2.75, 3.05) is 6.54 Å². The van der Waals surface area contributed by atoms with Crippen LogP contribution in [0.2, 0.25) is 0 Å². The fourth-order valence-electron chi connectivity index (χ4n) is 1.97. The van der Waals surface area contributed by atoms with E-state index in [1.807, 2.05) is 0 Å². The van der Waals surface area contributed by atoms with Gasteiger partial charge in [0.25, 0.3) is 0 Å². The zero-order valence-electron chi connectivity index (χ0n) is 11.5. The summed E-state index contributed by atoms with van der Waals surface area (Å²) in [5.41, 5.74) is 2.59. The number of aryl methyl sites for hydroxylation is 1. The highest BCUT2D eigenvalue weighted by atomic mass is 15.2. The van der Waals surface area contributed by atoms with Crippen LogP contribution in [0.15, 0.2) is 29.3 Å². The molecule has 2 unspecified atom stereocenters. The van der Waals surface area contributed by atoms with Crippen LogP contribution in [0.5, 0.6) is 0 Å². The van der Waals surface area contributed by atoms with Crippen molar-refractivity contribution in [3.8, 4) is 0 Å². The van der Waals surface area contributed by atoms with Crippen LogP contribution in [-0.4, -0.2) is 18.5 Å². The van der Waals surface area contributed by atoms with Gasteiger partial charge in [-0.15, -0.1) is 0 Å². The normalized spacial score (nSPS) is 22.7. The van der Waals surface area contributed by atoms with Gasteiger partial charge in [-0.2, -0.15) is 0 Å². The second kappa shape index (κ2) is 5.89. The molecule has 0 spiro atoms. The molecule has 2 rings (SSSR count). The number of hydrogen-bond donors (Lipinski definition) is 2. The summed E-state index contributed by atoms with van der Waals surface area (Å²) in [6, 6.07) is 9.02. The van der Waals surface area contributed by atoms with E-state index in [0.717, 1.165) is 25.0 Å². The number of nitrogens with one attached hydrogen (secondary N) is 2. The minimum Gasteiger partial charge on any atom is -0.357 e. The van der Waals surface area contributed by atoms with Crippen LogP contribution in [0.3, 0.4) is 0 Å². The average Bonchev–Trinajstić information content (AvgIpc) is 3.04. The second-order valence-electron chi connectivity index (χ2n) is 5.09. The molecule has 1 saturated carbocycles. The first-order valence-corrected chi connectivity index (χ1v) is 6.80. The number of aliphatic imine (C=N–C) groups is 1. The maximum absolute atomic E-state index is 4.65. The first kappa shape index (κ1) is 12.9. The third kappa shape index (κ3) is 3.49. The Bertz CT molecular complexity index is 426. The lowest BCUT2D eigenvalue weighted by atomic mass is 10.1. The van der Waals surface area contributed by atoms with Gasteiger partial charge in [0.1, 0.15) is 0 Å². The summed E-state index contributed by atoms with van der Waals surface area (Å²) in [5, 5.41) is 6.77. The van der Waals surface area contributed by atoms with Crippen LogP contribution in [0.4, 0.5) is 0 Å². The Hall–Kier alpha value is -1.51. The lowest BCUT2D eigenvalue weighted by Crippen LogP contribution is -2.39. The van der Waals surface area contributed by atoms with Gasteiger partial charge in [0.05, 0.1) is 6.54 Å². The highest BCUT2D eigenvalue weighted by Crippen LogP contribution is 2.28. The standard InChI is InChI=1S/C15H23N3/c1-4-16-15(18-14-9-12(14)3)17-10-13-8-6-5-7-11(13)2/h5-8,12,14H,4,9-10H2,1-3H3,(H2,16,17,18). The van der Waals surface area contributed by atoms with Crippen LogP contribution in [0, 0.1) is 12.8 Å². The van der Waals surface area contributed by atoms with Crippen LogP contribution < -0.4 is 10.6 Å². The lowest BCUT2D eigenvalue weighted by molar-refractivity contribution is 0.766. The molecular weight excluding hydrogens is 222 g/mol. The topological polar surface area (TPSA) is 36.4 Å². The van der Waals surface area contributed by atoms with Crippen molar-refractivity contribution in [1.29, 1.82) is 0 Å². The Kier molecular flexibility index (Phi) is 4.24. The highest BCUT2D eigenvalue weighted by Gasteiger charge is 2.33. The summed E-state index contributed by atoms with van der Waals surface area (Å²) in [6.07, 6.45) is 1.26. The molecule has 1 aromatic carbocycles. The largest absolute Gasteiger partial charge is 0.357 e. The maximum atomic E-state index is 4.65. The van der Waals surface area contributed by atoms with E-state index in [4.69, 9.17) is 0 Å². The summed E-state index contributed by atoms with van der Waals surface area (Å²) in [5.74, 6) is 1.72. The summed E-state index contributed by atoms with van der Waals surface area (Å²) in [6.45, 7) is 8.14.